The summed E-state index contributed by atoms with van der Waals surface area (Å²) in [5.74, 6) is -4.33. The number of carbonyl (C=O) groups is 8. The van der Waals surface area contributed by atoms with E-state index >= 15 is 0 Å². The first kappa shape index (κ1) is 35.1. The van der Waals surface area contributed by atoms with Gasteiger partial charge >= 0.3 is 0 Å². The van der Waals surface area contributed by atoms with Gasteiger partial charge in [0.25, 0.3) is 11.8 Å². The molecule has 0 saturated heterocycles. The predicted octanol–water partition coefficient (Wildman–Crippen LogP) is -2.88. The maximum absolute atomic E-state index is 12.8. The van der Waals surface area contributed by atoms with E-state index in [-0.39, 0.29) is 57.0 Å². The highest BCUT2D eigenvalue weighted by atomic mass is 16.5. The summed E-state index contributed by atoms with van der Waals surface area (Å²) in [5, 5.41) is 12.1. The molecule has 0 spiro atoms. The van der Waals surface area contributed by atoms with Gasteiger partial charge in [-0.25, -0.2) is 0 Å². The van der Waals surface area contributed by atoms with E-state index in [0.29, 0.717) is 19.3 Å². The number of carbonyl (C=O) groups excluding carboxylic acids is 8. The van der Waals surface area contributed by atoms with Crippen molar-refractivity contribution in [2.24, 2.45) is 5.73 Å². The third kappa shape index (κ3) is 14.2. The first-order valence-corrected chi connectivity index (χ1v) is 13.9. The number of nitrogens with two attached hydrogens (primary N) is 1. The fourth-order valence-corrected chi connectivity index (χ4v) is 3.83. The molecule has 1 heterocycles. The average Bonchev–Trinajstić information content (AvgIpc) is 3.32. The molecule has 0 aromatic heterocycles. The SMILES string of the molecule is NC(=O)COCNC(=O)CNC(=O)C(Cc1ccccc1)NC(=O)CNC(=O)CNC(=O)CCCCCN1C(=O)C=CC1=O. The van der Waals surface area contributed by atoms with Gasteiger partial charge in [-0.05, 0) is 18.4 Å². The van der Waals surface area contributed by atoms with Crippen LogP contribution in [-0.4, -0.2) is 97.7 Å². The monoisotopic (exact) mass is 615 g/mol. The summed E-state index contributed by atoms with van der Waals surface area (Å²) >= 11 is 0. The van der Waals surface area contributed by atoms with E-state index in [1.165, 1.54) is 12.2 Å². The van der Waals surface area contributed by atoms with Gasteiger partial charge in [-0.1, -0.05) is 36.8 Å². The van der Waals surface area contributed by atoms with E-state index in [4.69, 9.17) is 10.5 Å². The van der Waals surface area contributed by atoms with Crippen molar-refractivity contribution in [1.82, 2.24) is 31.5 Å². The minimum atomic E-state index is -1.07. The van der Waals surface area contributed by atoms with Gasteiger partial charge in [0, 0.05) is 31.5 Å². The fourth-order valence-electron chi connectivity index (χ4n) is 3.83. The quantitative estimate of drug-likeness (QED) is 0.0501. The average molecular weight is 616 g/mol. The van der Waals surface area contributed by atoms with Gasteiger partial charge in [-0.15, -0.1) is 0 Å². The maximum Gasteiger partial charge on any atom is 0.253 e. The third-order valence-electron chi connectivity index (χ3n) is 6.05. The van der Waals surface area contributed by atoms with Crippen LogP contribution in [0.3, 0.4) is 0 Å². The van der Waals surface area contributed by atoms with E-state index in [1.807, 2.05) is 0 Å². The number of nitrogens with one attached hydrogen (secondary N) is 5. The summed E-state index contributed by atoms with van der Waals surface area (Å²) in [5.41, 5.74) is 5.66. The van der Waals surface area contributed by atoms with Crippen LogP contribution in [0.25, 0.3) is 0 Å². The molecule has 1 aromatic rings. The molecular formula is C28H37N7O9. The van der Waals surface area contributed by atoms with Crippen molar-refractivity contribution >= 4 is 47.3 Å². The van der Waals surface area contributed by atoms with Crippen LogP contribution >= 0.6 is 0 Å². The molecule has 0 fully saturated rings. The molecule has 0 bridgehead atoms. The van der Waals surface area contributed by atoms with Crippen molar-refractivity contribution in [3.05, 3.63) is 48.0 Å². The maximum atomic E-state index is 12.8. The second-order valence-electron chi connectivity index (χ2n) is 9.61. The fraction of sp³-hybridized carbons (Fsp3) is 0.429. The largest absolute Gasteiger partial charge is 0.368 e. The lowest BCUT2D eigenvalue weighted by molar-refractivity contribution is -0.137. The molecule has 0 aliphatic carbocycles. The number of unbranched alkanes of at least 4 members (excludes halogenated alkanes) is 2. The van der Waals surface area contributed by atoms with Crippen LogP contribution in [0.1, 0.15) is 31.2 Å². The molecule has 238 valence electrons. The van der Waals surface area contributed by atoms with Gasteiger partial charge in [0.2, 0.25) is 35.4 Å². The Morgan fingerprint density at radius 1 is 0.750 bits per heavy atom. The zero-order valence-electron chi connectivity index (χ0n) is 24.1. The first-order chi connectivity index (χ1) is 21.0. The standard InChI is InChI=1S/C28H37N7O9/c29-21(36)17-44-18-33-24(39)15-32-28(43)20(13-19-7-3-1-4-8-19)34-25(40)16-31-23(38)14-30-22(37)9-5-2-6-12-35-26(41)10-11-27(35)42/h1,3-4,7-8,10-11,20H,2,5-6,9,12-18H2,(H2,29,36)(H,30,37)(H,31,38)(H,32,43)(H,33,39)(H,34,40). The molecule has 1 aromatic carbocycles. The topological polar surface area (TPSA) is 235 Å². The van der Waals surface area contributed by atoms with Crippen LogP contribution < -0.4 is 32.3 Å². The number of imide groups is 1. The minimum absolute atomic E-state index is 0.104. The normalized spacial score (nSPS) is 12.8. The van der Waals surface area contributed by atoms with Crippen molar-refractivity contribution < 1.29 is 43.1 Å². The molecule has 44 heavy (non-hydrogen) atoms. The Labute approximate surface area is 253 Å². The molecule has 1 aliphatic rings. The molecule has 1 unspecified atom stereocenters. The number of ether oxygens (including phenoxy) is 1. The second kappa shape index (κ2) is 19.1. The second-order valence-corrected chi connectivity index (χ2v) is 9.61. The molecule has 0 radical (unpaired) electrons. The number of hydrogen-bond donors (Lipinski definition) is 6. The van der Waals surface area contributed by atoms with Crippen molar-refractivity contribution in [2.45, 2.75) is 38.1 Å². The highest BCUT2D eigenvalue weighted by molar-refractivity contribution is 6.12. The number of primary amides is 1. The van der Waals surface area contributed by atoms with Gasteiger partial charge < -0.3 is 37.1 Å². The Morgan fingerprint density at radius 3 is 2.05 bits per heavy atom. The number of benzene rings is 1. The lowest BCUT2D eigenvalue weighted by Crippen LogP contribution is -2.52. The van der Waals surface area contributed by atoms with E-state index in [1.54, 1.807) is 30.3 Å². The number of rotatable bonds is 20. The number of nitrogens with zero attached hydrogens (tertiary/aromatic N) is 1. The van der Waals surface area contributed by atoms with Crippen molar-refractivity contribution in [2.75, 3.05) is 39.5 Å². The molecular weight excluding hydrogens is 578 g/mol. The van der Waals surface area contributed by atoms with E-state index in [0.717, 1.165) is 10.5 Å². The Bertz CT molecular complexity index is 1220. The summed E-state index contributed by atoms with van der Waals surface area (Å²) < 4.78 is 4.82. The van der Waals surface area contributed by atoms with Crippen LogP contribution in [0.5, 0.6) is 0 Å². The summed E-state index contributed by atoms with van der Waals surface area (Å²) in [4.78, 5) is 96.2. The van der Waals surface area contributed by atoms with Gasteiger partial charge in [0.15, 0.2) is 0 Å². The lowest BCUT2D eigenvalue weighted by Gasteiger charge is -2.19. The smallest absolute Gasteiger partial charge is 0.253 e. The van der Waals surface area contributed by atoms with Crippen molar-refractivity contribution in [3.63, 3.8) is 0 Å². The summed E-state index contributed by atoms with van der Waals surface area (Å²) in [6.07, 6.45) is 4.31. The van der Waals surface area contributed by atoms with E-state index in [9.17, 15) is 38.4 Å². The highest BCUT2D eigenvalue weighted by Gasteiger charge is 2.23. The van der Waals surface area contributed by atoms with E-state index in [2.05, 4.69) is 26.6 Å². The predicted molar refractivity (Wildman–Crippen MR) is 154 cm³/mol. The Balaban J connectivity index is 1.69. The van der Waals surface area contributed by atoms with Gasteiger partial charge in [-0.3, -0.25) is 43.3 Å². The van der Waals surface area contributed by atoms with Crippen molar-refractivity contribution in [3.8, 4) is 0 Å². The molecule has 2 rings (SSSR count). The summed E-state index contributed by atoms with van der Waals surface area (Å²) in [6.45, 7) is -1.64. The molecule has 0 saturated carbocycles. The lowest BCUT2D eigenvalue weighted by atomic mass is 10.1. The zero-order chi connectivity index (χ0) is 32.3. The number of hydrogen-bond acceptors (Lipinski definition) is 9. The Morgan fingerprint density at radius 2 is 1.36 bits per heavy atom. The first-order valence-electron chi connectivity index (χ1n) is 13.9. The van der Waals surface area contributed by atoms with Crippen molar-refractivity contribution in [1.29, 1.82) is 0 Å². The summed E-state index contributed by atoms with van der Waals surface area (Å²) in [7, 11) is 0. The van der Waals surface area contributed by atoms with Gasteiger partial charge in [0.1, 0.15) is 19.4 Å². The highest BCUT2D eigenvalue weighted by Crippen LogP contribution is 2.08. The molecule has 1 aliphatic heterocycles. The van der Waals surface area contributed by atoms with Crippen LogP contribution in [0.15, 0.2) is 42.5 Å². The van der Waals surface area contributed by atoms with Crippen LogP contribution in [0.2, 0.25) is 0 Å². The Kier molecular flexibility index (Phi) is 15.3. The minimum Gasteiger partial charge on any atom is -0.368 e. The molecule has 8 amide bonds. The molecule has 16 nitrogen and oxygen atoms in total. The molecule has 1 atom stereocenters. The zero-order valence-corrected chi connectivity index (χ0v) is 24.1. The van der Waals surface area contributed by atoms with Crippen LogP contribution in [0.4, 0.5) is 0 Å². The number of amides is 8. The molecule has 7 N–H and O–H groups in total. The van der Waals surface area contributed by atoms with Crippen LogP contribution in [0, 0.1) is 0 Å². The third-order valence-corrected chi connectivity index (χ3v) is 6.05. The molecule has 16 heteroatoms. The van der Waals surface area contributed by atoms with Gasteiger partial charge in [-0.2, -0.15) is 0 Å². The Hall–Kier alpha value is -5.12. The summed E-state index contributed by atoms with van der Waals surface area (Å²) in [6, 6.07) is 7.75. The van der Waals surface area contributed by atoms with Crippen LogP contribution in [-0.2, 0) is 49.5 Å². The van der Waals surface area contributed by atoms with Gasteiger partial charge in [0.05, 0.1) is 19.6 Å². The van der Waals surface area contributed by atoms with E-state index < -0.39 is 48.7 Å².